The van der Waals surface area contributed by atoms with E-state index in [9.17, 15) is 4.39 Å². The maximum absolute atomic E-state index is 12.7. The van der Waals surface area contributed by atoms with Crippen LogP contribution < -0.4 is 9.47 Å². The molecule has 0 atom stereocenters. The minimum Gasteiger partial charge on any atom is -0.441 e. The van der Waals surface area contributed by atoms with E-state index in [1.54, 1.807) is 12.1 Å². The number of fused-ring (bicyclic) bond motifs is 1. The Kier molecular flexibility index (Phi) is 2.44. The van der Waals surface area contributed by atoms with E-state index >= 15 is 0 Å². The Morgan fingerprint density at radius 1 is 0.824 bits per heavy atom. The summed E-state index contributed by atoms with van der Waals surface area (Å²) in [5.41, 5.74) is 0.953. The molecule has 2 aromatic carbocycles. The summed E-state index contributed by atoms with van der Waals surface area (Å²) in [6.45, 7) is 0. The Hall–Kier alpha value is -2.03. The van der Waals surface area contributed by atoms with E-state index in [-0.39, 0.29) is 5.82 Å². The first-order valence-corrected chi connectivity index (χ1v) is 5.36. The zero-order valence-corrected chi connectivity index (χ0v) is 9.02. The molecule has 1 radical (unpaired) electrons. The lowest BCUT2D eigenvalue weighted by molar-refractivity contribution is 0.170. The van der Waals surface area contributed by atoms with E-state index in [2.05, 4.69) is 0 Å². The highest BCUT2D eigenvalue weighted by molar-refractivity contribution is 5.43. The number of para-hydroxylation sites is 2. The van der Waals surface area contributed by atoms with Crippen molar-refractivity contribution < 1.29 is 13.9 Å². The maximum atomic E-state index is 12.7. The number of halogens is 1. The van der Waals surface area contributed by atoms with E-state index in [1.165, 1.54) is 12.1 Å². The summed E-state index contributed by atoms with van der Waals surface area (Å²) in [5.74, 6) is 1.21. The lowest BCUT2D eigenvalue weighted by atomic mass is 10.1. The van der Waals surface area contributed by atoms with E-state index in [0.717, 1.165) is 17.1 Å². The molecule has 0 spiro atoms. The molecule has 0 fully saturated rings. The molecule has 2 nitrogen and oxygen atoms in total. The molecule has 3 heteroatoms. The molecular formula is C14H10FO2. The van der Waals surface area contributed by atoms with Crippen LogP contribution in [0.5, 0.6) is 11.5 Å². The lowest BCUT2D eigenvalue weighted by Gasteiger charge is -2.07. The minimum atomic E-state index is -0.240. The molecule has 3 rings (SSSR count). The van der Waals surface area contributed by atoms with Gasteiger partial charge in [0.1, 0.15) is 5.82 Å². The van der Waals surface area contributed by atoms with Crippen molar-refractivity contribution in [3.05, 3.63) is 66.2 Å². The summed E-state index contributed by atoms with van der Waals surface area (Å²) >= 11 is 0. The summed E-state index contributed by atoms with van der Waals surface area (Å²) in [6, 6.07) is 13.8. The number of rotatable bonds is 2. The van der Waals surface area contributed by atoms with Gasteiger partial charge in [0.2, 0.25) is 0 Å². The molecule has 17 heavy (non-hydrogen) atoms. The van der Waals surface area contributed by atoms with Crippen LogP contribution in [0.25, 0.3) is 0 Å². The van der Waals surface area contributed by atoms with Gasteiger partial charge in [0.15, 0.2) is 11.5 Å². The largest absolute Gasteiger partial charge is 0.441 e. The van der Waals surface area contributed by atoms with Crippen LogP contribution in [0.1, 0.15) is 5.56 Å². The van der Waals surface area contributed by atoms with Crippen molar-refractivity contribution in [1.82, 2.24) is 0 Å². The zero-order chi connectivity index (χ0) is 11.7. The van der Waals surface area contributed by atoms with Crippen LogP contribution >= 0.6 is 0 Å². The van der Waals surface area contributed by atoms with Crippen LogP contribution in [0.15, 0.2) is 48.5 Å². The van der Waals surface area contributed by atoms with Crippen molar-refractivity contribution in [2.24, 2.45) is 0 Å². The van der Waals surface area contributed by atoms with Crippen LogP contribution in [0.2, 0.25) is 0 Å². The van der Waals surface area contributed by atoms with Crippen molar-refractivity contribution in [3.8, 4) is 11.5 Å². The molecule has 0 aliphatic carbocycles. The van der Waals surface area contributed by atoms with E-state index in [4.69, 9.17) is 9.47 Å². The fraction of sp³-hybridized carbons (Fsp3) is 0.0714. The molecule has 0 aromatic heterocycles. The monoisotopic (exact) mass is 229 g/mol. The molecule has 1 heterocycles. The smallest absolute Gasteiger partial charge is 0.334 e. The van der Waals surface area contributed by atoms with Gasteiger partial charge < -0.3 is 9.47 Å². The molecule has 0 amide bonds. The van der Waals surface area contributed by atoms with Gasteiger partial charge in [-0.05, 0) is 29.8 Å². The summed E-state index contributed by atoms with van der Waals surface area (Å²) in [7, 11) is 0. The van der Waals surface area contributed by atoms with E-state index < -0.39 is 0 Å². The summed E-state index contributed by atoms with van der Waals surface area (Å²) < 4.78 is 23.8. The van der Waals surface area contributed by atoms with Gasteiger partial charge in [-0.3, -0.25) is 0 Å². The second-order valence-electron chi connectivity index (χ2n) is 3.83. The zero-order valence-electron chi connectivity index (χ0n) is 9.02. The number of hydrogen-bond donors (Lipinski definition) is 0. The number of benzene rings is 2. The predicted molar refractivity (Wildman–Crippen MR) is 61.0 cm³/mol. The first-order valence-electron chi connectivity index (χ1n) is 5.36. The Labute approximate surface area is 98.6 Å². The average molecular weight is 229 g/mol. The summed E-state index contributed by atoms with van der Waals surface area (Å²) in [6.07, 6.45) is 1.05. The van der Waals surface area contributed by atoms with Crippen molar-refractivity contribution in [3.63, 3.8) is 0 Å². The van der Waals surface area contributed by atoms with Gasteiger partial charge in [-0.2, -0.15) is 0 Å². The van der Waals surface area contributed by atoms with Crippen molar-refractivity contribution in [1.29, 1.82) is 0 Å². The topological polar surface area (TPSA) is 18.5 Å². The number of ether oxygens (including phenoxy) is 2. The molecule has 2 aromatic rings. The van der Waals surface area contributed by atoms with Crippen molar-refractivity contribution >= 4 is 0 Å². The molecule has 1 aliphatic heterocycles. The predicted octanol–water partition coefficient (Wildman–Crippen LogP) is 3.33. The second-order valence-corrected chi connectivity index (χ2v) is 3.83. The van der Waals surface area contributed by atoms with Gasteiger partial charge in [-0.1, -0.05) is 24.3 Å². The fourth-order valence-electron chi connectivity index (χ4n) is 1.73. The van der Waals surface area contributed by atoms with Gasteiger partial charge in [0.25, 0.3) is 0 Å². The van der Waals surface area contributed by atoms with Crippen LogP contribution in [0.3, 0.4) is 0 Å². The average Bonchev–Trinajstić information content (AvgIpc) is 2.74. The van der Waals surface area contributed by atoms with Crippen LogP contribution in [0, 0.1) is 12.1 Å². The van der Waals surface area contributed by atoms with Crippen LogP contribution in [-0.2, 0) is 6.42 Å². The molecular weight excluding hydrogens is 219 g/mol. The summed E-state index contributed by atoms with van der Waals surface area (Å²) in [5, 5.41) is 0. The molecule has 1 aliphatic rings. The summed E-state index contributed by atoms with van der Waals surface area (Å²) in [4.78, 5) is 0. The lowest BCUT2D eigenvalue weighted by Crippen LogP contribution is -2.10. The molecule has 0 bridgehead atoms. The molecule has 85 valence electrons. The first-order chi connectivity index (χ1) is 8.31. The highest BCUT2D eigenvalue weighted by atomic mass is 19.1. The highest BCUT2D eigenvalue weighted by Gasteiger charge is 2.26. The Balaban J connectivity index is 1.71. The van der Waals surface area contributed by atoms with Crippen LogP contribution in [-0.4, -0.2) is 0 Å². The van der Waals surface area contributed by atoms with Crippen molar-refractivity contribution in [2.45, 2.75) is 6.42 Å². The highest BCUT2D eigenvalue weighted by Crippen LogP contribution is 2.37. The Morgan fingerprint density at radius 3 is 2.00 bits per heavy atom. The van der Waals surface area contributed by atoms with Gasteiger partial charge in [-0.25, -0.2) is 4.39 Å². The van der Waals surface area contributed by atoms with Gasteiger partial charge in [-0.15, -0.1) is 0 Å². The van der Waals surface area contributed by atoms with E-state index in [0.29, 0.717) is 12.7 Å². The molecule has 0 saturated carbocycles. The van der Waals surface area contributed by atoms with Crippen LogP contribution in [0.4, 0.5) is 4.39 Å². The van der Waals surface area contributed by atoms with Gasteiger partial charge in [0, 0.05) is 0 Å². The standard InChI is InChI=1S/C14H10FO2/c15-11-7-5-10(6-8-11)9-14-16-12-3-1-2-4-13(12)17-14/h1-8H,9H2. The first kappa shape index (κ1) is 10.1. The van der Waals surface area contributed by atoms with E-state index in [1.807, 2.05) is 24.3 Å². The number of hydrogen-bond acceptors (Lipinski definition) is 2. The molecule has 0 saturated heterocycles. The normalized spacial score (nSPS) is 13.9. The Morgan fingerprint density at radius 2 is 1.41 bits per heavy atom. The third-order valence-corrected chi connectivity index (χ3v) is 2.56. The van der Waals surface area contributed by atoms with Crippen molar-refractivity contribution in [2.75, 3.05) is 0 Å². The molecule has 0 unspecified atom stereocenters. The SMILES string of the molecule is Fc1ccc(C[C]2Oc3ccccc3O2)cc1. The minimum absolute atomic E-state index is 0.240. The third kappa shape index (κ3) is 2.09. The fourth-order valence-corrected chi connectivity index (χ4v) is 1.73. The quantitative estimate of drug-likeness (QED) is 0.786. The Bertz CT molecular complexity index is 497. The maximum Gasteiger partial charge on any atom is 0.334 e. The van der Waals surface area contributed by atoms with Gasteiger partial charge in [0.05, 0.1) is 6.42 Å². The van der Waals surface area contributed by atoms with Gasteiger partial charge >= 0.3 is 6.29 Å². The third-order valence-electron chi connectivity index (χ3n) is 2.56. The molecule has 0 N–H and O–H groups in total. The second kappa shape index (κ2) is 4.09.